The van der Waals surface area contributed by atoms with Crippen molar-refractivity contribution in [2.24, 2.45) is 0 Å². The van der Waals surface area contributed by atoms with Crippen LogP contribution in [0.4, 0.5) is 0 Å². The number of aryl methyl sites for hydroxylation is 1. The van der Waals surface area contributed by atoms with E-state index >= 15 is 0 Å². The van der Waals surface area contributed by atoms with E-state index in [0.717, 1.165) is 30.9 Å². The summed E-state index contributed by atoms with van der Waals surface area (Å²) in [6.07, 6.45) is 1.06. The van der Waals surface area contributed by atoms with E-state index in [9.17, 15) is 0 Å². The lowest BCUT2D eigenvalue weighted by molar-refractivity contribution is 0.565. The summed E-state index contributed by atoms with van der Waals surface area (Å²) in [5, 5.41) is 4.73. The largest absolute Gasteiger partial charge is 0.461 e. The standard InChI is InChI=1S/C16H16BrNOS/c1-11-14(13-4-2-3-5-15(13)19-11)10-18-9-8-12-6-7-16(17)20-12/h2-7,18H,8-10H2,1H3. The zero-order valence-corrected chi connectivity index (χ0v) is 13.7. The molecular formula is C16H16BrNOS. The van der Waals surface area contributed by atoms with Crippen molar-refractivity contribution >= 4 is 38.2 Å². The Morgan fingerprint density at radius 3 is 2.85 bits per heavy atom. The van der Waals surface area contributed by atoms with Crippen LogP contribution < -0.4 is 5.32 Å². The molecular weight excluding hydrogens is 334 g/mol. The molecule has 2 heterocycles. The highest BCUT2D eigenvalue weighted by molar-refractivity contribution is 9.11. The number of nitrogens with one attached hydrogen (secondary N) is 1. The number of para-hydroxylation sites is 1. The Morgan fingerprint density at radius 2 is 2.05 bits per heavy atom. The summed E-state index contributed by atoms with van der Waals surface area (Å²) in [5.74, 6) is 1.01. The normalized spacial score (nSPS) is 11.3. The molecule has 1 N–H and O–H groups in total. The van der Waals surface area contributed by atoms with E-state index in [1.807, 2.05) is 19.1 Å². The van der Waals surface area contributed by atoms with E-state index in [0.29, 0.717) is 0 Å². The highest BCUT2D eigenvalue weighted by Gasteiger charge is 2.09. The quantitative estimate of drug-likeness (QED) is 0.663. The van der Waals surface area contributed by atoms with Gasteiger partial charge in [0, 0.05) is 28.9 Å². The maximum Gasteiger partial charge on any atom is 0.134 e. The van der Waals surface area contributed by atoms with E-state index < -0.39 is 0 Å². The second-order valence-electron chi connectivity index (χ2n) is 4.77. The van der Waals surface area contributed by atoms with Gasteiger partial charge < -0.3 is 9.73 Å². The van der Waals surface area contributed by atoms with Crippen LogP contribution in [0.5, 0.6) is 0 Å². The maximum absolute atomic E-state index is 5.77. The second-order valence-corrected chi connectivity index (χ2v) is 7.31. The van der Waals surface area contributed by atoms with E-state index in [-0.39, 0.29) is 0 Å². The average molecular weight is 350 g/mol. The molecule has 20 heavy (non-hydrogen) atoms. The summed E-state index contributed by atoms with van der Waals surface area (Å²) >= 11 is 5.29. The summed E-state index contributed by atoms with van der Waals surface area (Å²) in [7, 11) is 0. The number of rotatable bonds is 5. The SMILES string of the molecule is Cc1oc2ccccc2c1CNCCc1ccc(Br)s1. The number of halogens is 1. The van der Waals surface area contributed by atoms with Crippen LogP contribution in [0.2, 0.25) is 0 Å². The predicted octanol–water partition coefficient (Wildman–Crippen LogP) is 4.90. The minimum Gasteiger partial charge on any atom is -0.461 e. The van der Waals surface area contributed by atoms with Gasteiger partial charge in [0.25, 0.3) is 0 Å². The van der Waals surface area contributed by atoms with Gasteiger partial charge in [-0.05, 0) is 47.5 Å². The minimum atomic E-state index is 0.857. The molecule has 0 aliphatic rings. The average Bonchev–Trinajstić information content (AvgIpc) is 2.98. The molecule has 4 heteroatoms. The van der Waals surface area contributed by atoms with E-state index in [1.165, 1.54) is 19.6 Å². The van der Waals surface area contributed by atoms with Crippen LogP contribution in [0, 0.1) is 6.92 Å². The maximum atomic E-state index is 5.77. The molecule has 0 amide bonds. The fourth-order valence-corrected chi connectivity index (χ4v) is 3.83. The van der Waals surface area contributed by atoms with Gasteiger partial charge in [-0.3, -0.25) is 0 Å². The molecule has 104 valence electrons. The lowest BCUT2D eigenvalue weighted by Crippen LogP contribution is -2.16. The third-order valence-electron chi connectivity index (χ3n) is 3.38. The van der Waals surface area contributed by atoms with Crippen molar-refractivity contribution in [1.29, 1.82) is 0 Å². The molecule has 2 aromatic heterocycles. The first-order chi connectivity index (χ1) is 9.74. The molecule has 0 saturated heterocycles. The highest BCUT2D eigenvalue weighted by Crippen LogP contribution is 2.25. The summed E-state index contributed by atoms with van der Waals surface area (Å²) < 4.78 is 6.97. The highest BCUT2D eigenvalue weighted by atomic mass is 79.9. The van der Waals surface area contributed by atoms with Gasteiger partial charge in [0.2, 0.25) is 0 Å². The fraction of sp³-hybridized carbons (Fsp3) is 0.250. The van der Waals surface area contributed by atoms with E-state index in [4.69, 9.17) is 4.42 Å². The van der Waals surface area contributed by atoms with Crippen molar-refractivity contribution in [1.82, 2.24) is 5.32 Å². The van der Waals surface area contributed by atoms with Crippen LogP contribution in [-0.4, -0.2) is 6.54 Å². The van der Waals surface area contributed by atoms with Crippen LogP contribution >= 0.6 is 27.3 Å². The van der Waals surface area contributed by atoms with Crippen molar-refractivity contribution in [3.63, 3.8) is 0 Å². The Balaban J connectivity index is 1.61. The summed E-state index contributed by atoms with van der Waals surface area (Å²) in [6.45, 7) is 3.87. The molecule has 0 aliphatic heterocycles. The molecule has 3 aromatic rings. The van der Waals surface area contributed by atoms with Crippen LogP contribution in [-0.2, 0) is 13.0 Å². The van der Waals surface area contributed by atoms with Crippen LogP contribution in [0.3, 0.4) is 0 Å². The molecule has 0 saturated carbocycles. The van der Waals surface area contributed by atoms with Crippen LogP contribution in [0.15, 0.2) is 44.6 Å². The third kappa shape index (κ3) is 2.97. The van der Waals surface area contributed by atoms with Gasteiger partial charge in [0.15, 0.2) is 0 Å². The lowest BCUT2D eigenvalue weighted by Gasteiger charge is -2.03. The van der Waals surface area contributed by atoms with Crippen molar-refractivity contribution in [2.75, 3.05) is 6.54 Å². The summed E-state index contributed by atoms with van der Waals surface area (Å²) in [5.41, 5.74) is 2.25. The topological polar surface area (TPSA) is 25.2 Å². The molecule has 0 fully saturated rings. The summed E-state index contributed by atoms with van der Waals surface area (Å²) in [6, 6.07) is 12.5. The van der Waals surface area contributed by atoms with Gasteiger partial charge >= 0.3 is 0 Å². The number of furan rings is 1. The van der Waals surface area contributed by atoms with Crippen molar-refractivity contribution < 1.29 is 4.42 Å². The summed E-state index contributed by atoms with van der Waals surface area (Å²) in [4.78, 5) is 1.40. The van der Waals surface area contributed by atoms with Crippen molar-refractivity contribution in [2.45, 2.75) is 19.9 Å². The third-order valence-corrected chi connectivity index (χ3v) is 5.06. The molecule has 0 atom stereocenters. The van der Waals surface area contributed by atoms with Crippen LogP contribution in [0.25, 0.3) is 11.0 Å². The predicted molar refractivity (Wildman–Crippen MR) is 88.4 cm³/mol. The zero-order chi connectivity index (χ0) is 13.9. The number of benzene rings is 1. The molecule has 0 bridgehead atoms. The smallest absolute Gasteiger partial charge is 0.134 e. The minimum absolute atomic E-state index is 0.857. The molecule has 1 aromatic carbocycles. The zero-order valence-electron chi connectivity index (χ0n) is 11.3. The second kappa shape index (κ2) is 6.12. The van der Waals surface area contributed by atoms with Crippen molar-refractivity contribution in [3.8, 4) is 0 Å². The molecule has 3 rings (SSSR count). The number of hydrogen-bond donors (Lipinski definition) is 1. The van der Waals surface area contributed by atoms with Gasteiger partial charge in [-0.2, -0.15) is 0 Å². The van der Waals surface area contributed by atoms with E-state index in [2.05, 4.69) is 45.5 Å². The van der Waals surface area contributed by atoms with Gasteiger partial charge in [0.05, 0.1) is 3.79 Å². The number of fused-ring (bicyclic) bond motifs is 1. The molecule has 0 aliphatic carbocycles. The van der Waals surface area contributed by atoms with Gasteiger partial charge in [-0.15, -0.1) is 11.3 Å². The molecule has 0 spiro atoms. The Hall–Kier alpha value is -1.10. The lowest BCUT2D eigenvalue weighted by atomic mass is 10.1. The Morgan fingerprint density at radius 1 is 1.20 bits per heavy atom. The number of hydrogen-bond acceptors (Lipinski definition) is 3. The number of thiophene rings is 1. The Labute approximate surface area is 130 Å². The van der Waals surface area contributed by atoms with E-state index in [1.54, 1.807) is 11.3 Å². The van der Waals surface area contributed by atoms with Gasteiger partial charge in [-0.25, -0.2) is 0 Å². The first-order valence-corrected chi connectivity index (χ1v) is 8.27. The van der Waals surface area contributed by atoms with Gasteiger partial charge in [-0.1, -0.05) is 18.2 Å². The molecule has 2 nitrogen and oxygen atoms in total. The van der Waals surface area contributed by atoms with Gasteiger partial charge in [0.1, 0.15) is 11.3 Å². The van der Waals surface area contributed by atoms with Crippen molar-refractivity contribution in [3.05, 3.63) is 56.4 Å². The monoisotopic (exact) mass is 349 g/mol. The molecule has 0 radical (unpaired) electrons. The fourth-order valence-electron chi connectivity index (χ4n) is 2.35. The first-order valence-electron chi connectivity index (χ1n) is 6.66. The first kappa shape index (κ1) is 13.9. The Bertz CT molecular complexity index is 716. The van der Waals surface area contributed by atoms with Crippen LogP contribution in [0.1, 0.15) is 16.2 Å². The molecule has 0 unspecified atom stereocenters. The Kier molecular flexibility index (Phi) is 4.24.